The highest BCUT2D eigenvalue weighted by Crippen LogP contribution is 2.13. The van der Waals surface area contributed by atoms with Crippen LogP contribution in [0.3, 0.4) is 0 Å². The Morgan fingerprint density at radius 1 is 1.20 bits per heavy atom. The van der Waals surface area contributed by atoms with E-state index in [4.69, 9.17) is 9.47 Å². The Bertz CT molecular complexity index is 909. The number of nitrogens with zero attached hydrogens (tertiary/aromatic N) is 1. The number of halogens is 1. The van der Waals surface area contributed by atoms with E-state index in [1.807, 2.05) is 0 Å². The lowest BCUT2D eigenvalue weighted by Crippen LogP contribution is -2.36. The number of rotatable bonds is 6. The molecule has 1 amide bonds. The normalized spacial score (nSPS) is 16.2. The molecule has 1 atom stereocenters. The number of esters is 1. The first-order valence-corrected chi connectivity index (χ1v) is 9.82. The Morgan fingerprint density at radius 3 is 2.67 bits per heavy atom. The van der Waals surface area contributed by atoms with Gasteiger partial charge in [0.25, 0.3) is 5.91 Å². The maximum Gasteiger partial charge on any atom is 0.338 e. The van der Waals surface area contributed by atoms with Crippen molar-refractivity contribution >= 4 is 23.5 Å². The van der Waals surface area contributed by atoms with E-state index in [0.717, 1.165) is 18.9 Å². The van der Waals surface area contributed by atoms with Crippen LogP contribution in [0.4, 0.5) is 10.1 Å². The minimum Gasteiger partial charge on any atom is -0.462 e. The van der Waals surface area contributed by atoms with Gasteiger partial charge in [-0.3, -0.25) is 10.1 Å². The molecule has 1 fully saturated rings. The Balaban J connectivity index is 1.72. The Labute approximate surface area is 174 Å². The van der Waals surface area contributed by atoms with Crippen LogP contribution in [0.2, 0.25) is 0 Å². The molecule has 0 unspecified atom stereocenters. The summed E-state index contributed by atoms with van der Waals surface area (Å²) < 4.78 is 24.0. The zero-order valence-corrected chi connectivity index (χ0v) is 16.7. The summed E-state index contributed by atoms with van der Waals surface area (Å²) in [7, 11) is 0. The van der Waals surface area contributed by atoms with Crippen LogP contribution in [-0.4, -0.2) is 43.7 Å². The van der Waals surface area contributed by atoms with E-state index in [1.165, 1.54) is 18.2 Å². The van der Waals surface area contributed by atoms with Crippen molar-refractivity contribution in [3.8, 4) is 0 Å². The van der Waals surface area contributed by atoms with Crippen LogP contribution >= 0.6 is 0 Å². The molecule has 3 rings (SSSR count). The van der Waals surface area contributed by atoms with E-state index in [9.17, 15) is 14.0 Å². The van der Waals surface area contributed by atoms with Crippen molar-refractivity contribution in [2.75, 3.05) is 25.1 Å². The molecule has 2 N–H and O–H groups in total. The second-order valence-corrected chi connectivity index (χ2v) is 6.71. The average molecular weight is 413 g/mol. The molecule has 1 heterocycles. The SMILES string of the molecule is CCOC(=O)c1ccc(NC(=NC[C@H]2CCCO2)NC(=O)c2cccc(F)c2)cc1. The molecule has 2 aromatic rings. The molecular weight excluding hydrogens is 389 g/mol. The Kier molecular flexibility index (Phi) is 7.51. The maximum absolute atomic E-state index is 13.4. The van der Waals surface area contributed by atoms with Gasteiger partial charge in [0.1, 0.15) is 5.82 Å². The molecule has 8 heteroatoms. The van der Waals surface area contributed by atoms with Crippen LogP contribution in [0.15, 0.2) is 53.5 Å². The Hall–Kier alpha value is -3.26. The number of hydrogen-bond acceptors (Lipinski definition) is 5. The van der Waals surface area contributed by atoms with Crippen molar-refractivity contribution in [3.05, 3.63) is 65.5 Å². The van der Waals surface area contributed by atoms with Crippen molar-refractivity contribution in [2.24, 2.45) is 4.99 Å². The highest BCUT2D eigenvalue weighted by atomic mass is 19.1. The molecule has 0 bridgehead atoms. The lowest BCUT2D eigenvalue weighted by Gasteiger charge is -2.14. The summed E-state index contributed by atoms with van der Waals surface area (Å²) >= 11 is 0. The fourth-order valence-corrected chi connectivity index (χ4v) is 2.94. The second-order valence-electron chi connectivity index (χ2n) is 6.71. The lowest BCUT2D eigenvalue weighted by molar-refractivity contribution is 0.0526. The quantitative estimate of drug-likeness (QED) is 0.431. The predicted molar refractivity (Wildman–Crippen MR) is 111 cm³/mol. The van der Waals surface area contributed by atoms with Crippen molar-refractivity contribution in [1.82, 2.24) is 5.32 Å². The number of guanidine groups is 1. The van der Waals surface area contributed by atoms with Crippen molar-refractivity contribution in [2.45, 2.75) is 25.9 Å². The van der Waals surface area contributed by atoms with Gasteiger partial charge in [0, 0.05) is 17.9 Å². The molecule has 0 aromatic heterocycles. The number of hydrogen-bond donors (Lipinski definition) is 2. The molecule has 1 saturated heterocycles. The zero-order valence-electron chi connectivity index (χ0n) is 16.7. The maximum atomic E-state index is 13.4. The highest BCUT2D eigenvalue weighted by molar-refractivity contribution is 6.10. The zero-order chi connectivity index (χ0) is 21.3. The first-order chi connectivity index (χ1) is 14.5. The molecule has 2 aromatic carbocycles. The minimum absolute atomic E-state index is 0.000869. The first-order valence-electron chi connectivity index (χ1n) is 9.82. The Morgan fingerprint density at radius 2 is 2.00 bits per heavy atom. The van der Waals surface area contributed by atoms with E-state index in [0.29, 0.717) is 31.0 Å². The number of benzene rings is 2. The van der Waals surface area contributed by atoms with Gasteiger partial charge in [-0.2, -0.15) is 0 Å². The third kappa shape index (κ3) is 6.12. The van der Waals surface area contributed by atoms with Gasteiger partial charge in [-0.1, -0.05) is 6.07 Å². The fourth-order valence-electron chi connectivity index (χ4n) is 2.94. The fraction of sp³-hybridized carbons (Fsp3) is 0.318. The van der Waals surface area contributed by atoms with E-state index in [1.54, 1.807) is 31.2 Å². The van der Waals surface area contributed by atoms with Crippen LogP contribution in [0.5, 0.6) is 0 Å². The molecule has 0 aliphatic carbocycles. The van der Waals surface area contributed by atoms with Gasteiger partial charge in [0.05, 0.1) is 24.8 Å². The molecule has 1 aliphatic rings. The first kappa shape index (κ1) is 21.4. The summed E-state index contributed by atoms with van der Waals surface area (Å²) in [4.78, 5) is 28.7. The molecule has 0 radical (unpaired) electrons. The standard InChI is InChI=1S/C22H24FN3O4/c1-2-29-21(28)15-8-10-18(11-9-15)25-22(24-14-19-7-4-12-30-19)26-20(27)16-5-3-6-17(23)13-16/h3,5-6,8-11,13,19H,2,4,7,12,14H2,1H3,(H2,24,25,26,27)/t19-/m1/s1. The molecule has 0 saturated carbocycles. The van der Waals surface area contributed by atoms with E-state index >= 15 is 0 Å². The number of amides is 1. The van der Waals surface area contributed by atoms with Gasteiger partial charge in [0.2, 0.25) is 5.96 Å². The average Bonchev–Trinajstić information content (AvgIpc) is 3.26. The summed E-state index contributed by atoms with van der Waals surface area (Å²) in [5, 5.41) is 5.71. The smallest absolute Gasteiger partial charge is 0.338 e. The van der Waals surface area contributed by atoms with Crippen molar-refractivity contribution < 1.29 is 23.5 Å². The van der Waals surface area contributed by atoms with Gasteiger partial charge in [0.15, 0.2) is 0 Å². The summed E-state index contributed by atoms with van der Waals surface area (Å²) in [5.74, 6) is -1.18. The molecule has 1 aliphatic heterocycles. The second kappa shape index (κ2) is 10.5. The minimum atomic E-state index is -0.497. The van der Waals surface area contributed by atoms with Crippen molar-refractivity contribution in [1.29, 1.82) is 0 Å². The third-order valence-corrected chi connectivity index (χ3v) is 4.45. The molecular formula is C22H24FN3O4. The van der Waals surface area contributed by atoms with Gasteiger partial charge in [-0.15, -0.1) is 0 Å². The van der Waals surface area contributed by atoms with Gasteiger partial charge < -0.3 is 14.8 Å². The number of aliphatic imine (C=N–C) groups is 1. The summed E-state index contributed by atoms with van der Waals surface area (Å²) in [6, 6.07) is 12.0. The number of anilines is 1. The monoisotopic (exact) mass is 413 g/mol. The molecule has 30 heavy (non-hydrogen) atoms. The lowest BCUT2D eigenvalue weighted by atomic mass is 10.2. The number of carbonyl (C=O) groups excluding carboxylic acids is 2. The molecule has 7 nitrogen and oxygen atoms in total. The number of ether oxygens (including phenoxy) is 2. The van der Waals surface area contributed by atoms with E-state index < -0.39 is 17.7 Å². The number of carbonyl (C=O) groups is 2. The van der Waals surface area contributed by atoms with E-state index in [2.05, 4.69) is 15.6 Å². The third-order valence-electron chi connectivity index (χ3n) is 4.45. The molecule has 0 spiro atoms. The van der Waals surface area contributed by atoms with Gasteiger partial charge in [-0.25, -0.2) is 14.2 Å². The predicted octanol–water partition coefficient (Wildman–Crippen LogP) is 3.38. The highest BCUT2D eigenvalue weighted by Gasteiger charge is 2.16. The van der Waals surface area contributed by atoms with Gasteiger partial charge >= 0.3 is 5.97 Å². The molecule has 158 valence electrons. The summed E-state index contributed by atoms with van der Waals surface area (Å²) in [6.07, 6.45) is 1.88. The van der Waals surface area contributed by atoms with Gasteiger partial charge in [-0.05, 0) is 62.2 Å². The summed E-state index contributed by atoms with van der Waals surface area (Å²) in [5.41, 5.74) is 1.22. The van der Waals surface area contributed by atoms with Crippen LogP contribution in [-0.2, 0) is 9.47 Å². The van der Waals surface area contributed by atoms with E-state index in [-0.39, 0.29) is 17.6 Å². The van der Waals surface area contributed by atoms with Crippen LogP contribution in [0, 0.1) is 5.82 Å². The topological polar surface area (TPSA) is 89.0 Å². The van der Waals surface area contributed by atoms with Crippen LogP contribution in [0.25, 0.3) is 0 Å². The number of nitrogens with one attached hydrogen (secondary N) is 2. The van der Waals surface area contributed by atoms with Crippen LogP contribution < -0.4 is 10.6 Å². The largest absolute Gasteiger partial charge is 0.462 e. The van der Waals surface area contributed by atoms with Crippen molar-refractivity contribution in [3.63, 3.8) is 0 Å². The summed E-state index contributed by atoms with van der Waals surface area (Å²) in [6.45, 7) is 3.12. The van der Waals surface area contributed by atoms with Crippen LogP contribution in [0.1, 0.15) is 40.5 Å².